The van der Waals surface area contributed by atoms with Crippen LogP contribution < -0.4 is 20.9 Å². The highest BCUT2D eigenvalue weighted by molar-refractivity contribution is 6.12. The molecule has 18 heteroatoms. The number of carbonyl (C=O) groups excluding carboxylic acids is 8. The molecule has 2 aliphatic heterocycles. The first-order valence-corrected chi connectivity index (χ1v) is 26.1. The number of likely N-dealkylation sites (tertiary alicyclic amines) is 1. The van der Waals surface area contributed by atoms with Crippen LogP contribution >= 0.6 is 0 Å². The van der Waals surface area contributed by atoms with E-state index in [0.717, 1.165) is 11.1 Å². The smallest absolute Gasteiger partial charge is 0.408 e. The van der Waals surface area contributed by atoms with E-state index in [1.54, 1.807) is 63.7 Å². The first-order valence-electron chi connectivity index (χ1n) is 26.1. The molecule has 74 heavy (non-hydrogen) atoms. The van der Waals surface area contributed by atoms with Crippen molar-refractivity contribution in [2.24, 2.45) is 17.8 Å². The average molecular weight is 1030 g/mol. The molecule has 0 bridgehead atoms. The summed E-state index contributed by atoms with van der Waals surface area (Å²) in [5.74, 6) is -3.18. The summed E-state index contributed by atoms with van der Waals surface area (Å²) in [5, 5.41) is 8.71. The SMILES string of the molecule is CC[C@H](C)[C@@H]([C@@H](CC(=O)N1CCC[C@H]1[C@H](OC)[C@@H](C)C(=O)N[C@@H](Cc1ccccc1)C(=O)N(C)c1ccc(CNC(=O)CCCCCN2C(=O)C=CC2=O)cc1)OC)N(C)C(=O)[C@@H](NC(=O)OC(C)(C)C)C(C)C. The number of nitrogens with zero attached hydrogens (tertiary/aromatic N) is 4. The van der Waals surface area contributed by atoms with Crippen LogP contribution in [0.2, 0.25) is 0 Å². The number of alkyl carbamates (subject to hydrolysis) is 1. The lowest BCUT2D eigenvalue weighted by Gasteiger charge is -2.40. The van der Waals surface area contributed by atoms with Gasteiger partial charge < -0.3 is 44.9 Å². The number of benzene rings is 2. The Morgan fingerprint density at radius 1 is 0.811 bits per heavy atom. The van der Waals surface area contributed by atoms with Gasteiger partial charge in [-0.25, -0.2) is 4.79 Å². The summed E-state index contributed by atoms with van der Waals surface area (Å²) in [6, 6.07) is 13.8. The van der Waals surface area contributed by atoms with Gasteiger partial charge in [0.1, 0.15) is 17.7 Å². The molecule has 0 saturated carbocycles. The third-order valence-corrected chi connectivity index (χ3v) is 14.1. The Kier molecular flexibility index (Phi) is 23.3. The van der Waals surface area contributed by atoms with Gasteiger partial charge in [0, 0.05) is 78.6 Å². The largest absolute Gasteiger partial charge is 0.444 e. The number of ether oxygens (including phenoxy) is 3. The molecule has 0 unspecified atom stereocenters. The fourth-order valence-corrected chi connectivity index (χ4v) is 9.70. The number of rotatable bonds is 27. The summed E-state index contributed by atoms with van der Waals surface area (Å²) in [4.78, 5) is 112. The van der Waals surface area contributed by atoms with Crippen molar-refractivity contribution in [1.82, 2.24) is 30.7 Å². The molecule has 0 aromatic heterocycles. The van der Waals surface area contributed by atoms with Crippen LogP contribution in [0.25, 0.3) is 0 Å². The van der Waals surface area contributed by atoms with Crippen molar-refractivity contribution < 1.29 is 52.6 Å². The number of unbranched alkanes of at least 4 members (excludes halogenated alkanes) is 2. The molecule has 2 aromatic rings. The molecule has 0 spiro atoms. The third-order valence-electron chi connectivity index (χ3n) is 14.1. The average Bonchev–Trinajstić information content (AvgIpc) is 3.98. The molecule has 1 fully saturated rings. The van der Waals surface area contributed by atoms with Gasteiger partial charge in [0.25, 0.3) is 11.8 Å². The molecule has 2 heterocycles. The van der Waals surface area contributed by atoms with Crippen LogP contribution in [-0.2, 0) is 60.7 Å². The van der Waals surface area contributed by atoms with Gasteiger partial charge in [0.05, 0.1) is 36.6 Å². The van der Waals surface area contributed by atoms with Crippen LogP contribution in [-0.4, -0.2) is 146 Å². The maximum Gasteiger partial charge on any atom is 0.408 e. The number of hydrogen-bond acceptors (Lipinski definition) is 11. The van der Waals surface area contributed by atoms with Crippen molar-refractivity contribution in [2.75, 3.05) is 46.3 Å². The highest BCUT2D eigenvalue weighted by atomic mass is 16.6. The zero-order valence-corrected chi connectivity index (χ0v) is 45.8. The van der Waals surface area contributed by atoms with E-state index in [1.807, 2.05) is 70.2 Å². The molecule has 0 radical (unpaired) electrons. The van der Waals surface area contributed by atoms with Gasteiger partial charge in [0.2, 0.25) is 29.5 Å². The number of methoxy groups -OCH3 is 2. The topological polar surface area (TPSA) is 213 Å². The number of carbonyl (C=O) groups is 8. The summed E-state index contributed by atoms with van der Waals surface area (Å²) >= 11 is 0. The second-order valence-corrected chi connectivity index (χ2v) is 21.0. The summed E-state index contributed by atoms with van der Waals surface area (Å²) in [6.45, 7) is 15.7. The molecule has 2 aromatic carbocycles. The Balaban J connectivity index is 1.41. The van der Waals surface area contributed by atoms with E-state index in [-0.39, 0.29) is 66.7 Å². The van der Waals surface area contributed by atoms with Gasteiger partial charge in [-0.15, -0.1) is 0 Å². The Bertz CT molecular complexity index is 2230. The van der Waals surface area contributed by atoms with Crippen LogP contribution in [0.15, 0.2) is 66.7 Å². The molecule has 8 amide bonds. The molecule has 408 valence electrons. The quantitative estimate of drug-likeness (QED) is 0.0703. The number of anilines is 1. The van der Waals surface area contributed by atoms with Gasteiger partial charge >= 0.3 is 6.09 Å². The molecular formula is C56H83N7O11. The van der Waals surface area contributed by atoms with Crippen molar-refractivity contribution in [1.29, 1.82) is 0 Å². The van der Waals surface area contributed by atoms with Crippen LogP contribution in [0.1, 0.15) is 118 Å². The molecule has 8 atom stereocenters. The van der Waals surface area contributed by atoms with Crippen LogP contribution in [0.5, 0.6) is 0 Å². The first kappa shape index (κ1) is 60.4. The molecule has 0 aliphatic carbocycles. The highest BCUT2D eigenvalue weighted by Gasteiger charge is 2.43. The Labute approximate surface area is 438 Å². The predicted octanol–water partition coefficient (Wildman–Crippen LogP) is 5.95. The van der Waals surface area contributed by atoms with Crippen LogP contribution in [0.3, 0.4) is 0 Å². The number of likely N-dealkylation sites (N-methyl/N-ethyl adjacent to an activating group) is 2. The number of amides is 8. The van der Waals surface area contributed by atoms with Gasteiger partial charge in [-0.05, 0) is 81.5 Å². The fourth-order valence-electron chi connectivity index (χ4n) is 9.70. The van der Waals surface area contributed by atoms with Crippen molar-refractivity contribution in [3.8, 4) is 0 Å². The van der Waals surface area contributed by atoms with E-state index >= 15 is 0 Å². The lowest BCUT2D eigenvalue weighted by Crippen LogP contribution is -2.58. The lowest BCUT2D eigenvalue weighted by atomic mass is 9.89. The minimum absolute atomic E-state index is 0.0488. The predicted molar refractivity (Wildman–Crippen MR) is 282 cm³/mol. The number of nitrogens with one attached hydrogen (secondary N) is 3. The molecule has 2 aliphatic rings. The second kappa shape index (κ2) is 28.5. The summed E-state index contributed by atoms with van der Waals surface area (Å²) in [6.07, 6.45) is 4.73. The lowest BCUT2D eigenvalue weighted by molar-refractivity contribution is -0.147. The summed E-state index contributed by atoms with van der Waals surface area (Å²) in [7, 11) is 6.37. The van der Waals surface area contributed by atoms with Gasteiger partial charge in [-0.2, -0.15) is 0 Å². The molecular weight excluding hydrogens is 947 g/mol. The van der Waals surface area contributed by atoms with Gasteiger partial charge in [0.15, 0.2) is 0 Å². The first-order chi connectivity index (χ1) is 35.0. The Morgan fingerprint density at radius 2 is 1.46 bits per heavy atom. The summed E-state index contributed by atoms with van der Waals surface area (Å²) < 4.78 is 17.6. The van der Waals surface area contributed by atoms with E-state index in [9.17, 15) is 38.4 Å². The van der Waals surface area contributed by atoms with E-state index < -0.39 is 59.9 Å². The second-order valence-electron chi connectivity index (χ2n) is 21.0. The zero-order valence-electron chi connectivity index (χ0n) is 45.8. The van der Waals surface area contributed by atoms with Crippen molar-refractivity contribution in [3.05, 3.63) is 77.9 Å². The standard InChI is InChI=1S/C56H83N7O11/c1-13-37(4)50(61(10)54(70)49(36(2)3)59-55(71)74-56(6,7)8)44(72-11)34-48(67)62-32-20-23-43(62)51(73-12)38(5)52(68)58-42(33-39-21-16-14-17-22-39)53(69)60(9)41-27-25-40(26-28-41)35-57-45(64)24-18-15-19-31-63-46(65)29-30-47(63)66/h14,16-17,21-22,25-30,36-38,42-44,49-51H,13,15,18-20,23-24,31-35H2,1-12H3,(H,57,64)(H,58,68)(H,59,71)/t37-,38+,42-,43-,44+,49-,50-,51+/m0/s1. The minimum Gasteiger partial charge on any atom is -0.444 e. The number of hydrogen-bond donors (Lipinski definition) is 3. The van der Waals surface area contributed by atoms with E-state index in [0.29, 0.717) is 63.7 Å². The van der Waals surface area contributed by atoms with E-state index in [4.69, 9.17) is 14.2 Å². The van der Waals surface area contributed by atoms with Crippen LogP contribution in [0.4, 0.5) is 10.5 Å². The third kappa shape index (κ3) is 17.2. The highest BCUT2D eigenvalue weighted by Crippen LogP contribution is 2.30. The Hall–Kier alpha value is -6.14. The maximum atomic E-state index is 14.5. The van der Waals surface area contributed by atoms with Crippen molar-refractivity contribution in [3.63, 3.8) is 0 Å². The monoisotopic (exact) mass is 1030 g/mol. The minimum atomic E-state index is -0.961. The van der Waals surface area contributed by atoms with E-state index in [1.165, 1.54) is 36.2 Å². The number of imide groups is 1. The van der Waals surface area contributed by atoms with Gasteiger partial charge in [-0.3, -0.25) is 38.5 Å². The van der Waals surface area contributed by atoms with Gasteiger partial charge in [-0.1, -0.05) is 89.9 Å². The zero-order chi connectivity index (χ0) is 54.9. The Morgan fingerprint density at radius 3 is 2.04 bits per heavy atom. The van der Waals surface area contributed by atoms with E-state index in [2.05, 4.69) is 16.0 Å². The normalized spacial score (nSPS) is 17.5. The maximum absolute atomic E-state index is 14.5. The van der Waals surface area contributed by atoms with Crippen LogP contribution in [0, 0.1) is 17.8 Å². The molecule has 3 N–H and O–H groups in total. The molecule has 1 saturated heterocycles. The van der Waals surface area contributed by atoms with Crippen molar-refractivity contribution >= 4 is 53.1 Å². The molecule has 18 nitrogen and oxygen atoms in total. The molecule has 4 rings (SSSR count). The van der Waals surface area contributed by atoms with Crippen molar-refractivity contribution in [2.45, 2.75) is 162 Å². The fraction of sp³-hybridized carbons (Fsp3) is 0.607. The summed E-state index contributed by atoms with van der Waals surface area (Å²) in [5.41, 5.74) is 1.50.